The number of carbonyl (C=O) groups is 1. The van der Waals surface area contributed by atoms with Crippen LogP contribution in [-0.4, -0.2) is 37.9 Å². The summed E-state index contributed by atoms with van der Waals surface area (Å²) in [6.07, 6.45) is 0.381. The van der Waals surface area contributed by atoms with Crippen molar-refractivity contribution >= 4 is 11.6 Å². The van der Waals surface area contributed by atoms with Crippen molar-refractivity contribution < 1.29 is 19.4 Å². The quantitative estimate of drug-likeness (QED) is 0.895. The number of benzene rings is 1. The lowest BCUT2D eigenvalue weighted by Gasteiger charge is -2.25. The number of methoxy groups -OCH3 is 2. The smallest absolute Gasteiger partial charge is 0.227 e. The van der Waals surface area contributed by atoms with Crippen LogP contribution in [0.4, 0.5) is 5.69 Å². The molecule has 0 aromatic heterocycles. The van der Waals surface area contributed by atoms with Crippen LogP contribution in [0.15, 0.2) is 18.2 Å². The van der Waals surface area contributed by atoms with Gasteiger partial charge in [0.1, 0.15) is 0 Å². The average molecular weight is 265 g/mol. The molecule has 104 valence electrons. The minimum Gasteiger partial charge on any atom is -0.493 e. The van der Waals surface area contributed by atoms with Gasteiger partial charge in [-0.1, -0.05) is 0 Å². The molecule has 2 atom stereocenters. The van der Waals surface area contributed by atoms with Gasteiger partial charge in [0.05, 0.1) is 14.2 Å². The Balaban J connectivity index is 2.34. The molecule has 1 saturated heterocycles. The molecular weight excluding hydrogens is 246 g/mol. The molecule has 5 heteroatoms. The van der Waals surface area contributed by atoms with Crippen LogP contribution in [0.5, 0.6) is 11.5 Å². The zero-order valence-electron chi connectivity index (χ0n) is 11.4. The van der Waals surface area contributed by atoms with E-state index >= 15 is 0 Å². The fourth-order valence-electron chi connectivity index (χ4n) is 2.50. The molecule has 0 saturated carbocycles. The van der Waals surface area contributed by atoms with Gasteiger partial charge in [-0.05, 0) is 19.1 Å². The highest BCUT2D eigenvalue weighted by atomic mass is 16.5. The Morgan fingerprint density at radius 3 is 2.53 bits per heavy atom. The van der Waals surface area contributed by atoms with E-state index < -0.39 is 0 Å². The van der Waals surface area contributed by atoms with Gasteiger partial charge >= 0.3 is 0 Å². The molecule has 1 N–H and O–H groups in total. The molecule has 1 fully saturated rings. The van der Waals surface area contributed by atoms with Crippen LogP contribution in [0.2, 0.25) is 0 Å². The van der Waals surface area contributed by atoms with Gasteiger partial charge in [0.25, 0.3) is 0 Å². The highest BCUT2D eigenvalue weighted by Crippen LogP contribution is 2.36. The van der Waals surface area contributed by atoms with Gasteiger partial charge < -0.3 is 19.5 Å². The molecule has 19 heavy (non-hydrogen) atoms. The maximum absolute atomic E-state index is 12.1. The van der Waals surface area contributed by atoms with E-state index in [1.54, 1.807) is 31.3 Å². The highest BCUT2D eigenvalue weighted by molar-refractivity contribution is 5.96. The fraction of sp³-hybridized carbons (Fsp3) is 0.500. The van der Waals surface area contributed by atoms with E-state index in [0.29, 0.717) is 17.9 Å². The van der Waals surface area contributed by atoms with Gasteiger partial charge in [-0.2, -0.15) is 0 Å². The van der Waals surface area contributed by atoms with E-state index in [9.17, 15) is 9.90 Å². The average Bonchev–Trinajstić information content (AvgIpc) is 2.72. The fourth-order valence-corrected chi connectivity index (χ4v) is 2.50. The van der Waals surface area contributed by atoms with Gasteiger partial charge in [-0.25, -0.2) is 0 Å². The van der Waals surface area contributed by atoms with Crippen LogP contribution in [0, 0.1) is 5.92 Å². The molecule has 1 heterocycles. The molecule has 1 aliphatic rings. The first-order chi connectivity index (χ1) is 9.12. The van der Waals surface area contributed by atoms with Crippen molar-refractivity contribution in [3.63, 3.8) is 0 Å². The van der Waals surface area contributed by atoms with Crippen LogP contribution in [0.1, 0.15) is 13.3 Å². The zero-order chi connectivity index (χ0) is 14.0. The normalized spacial score (nSPS) is 22.7. The summed E-state index contributed by atoms with van der Waals surface area (Å²) in [5.74, 6) is 1.23. The number of ether oxygens (including phenoxy) is 2. The van der Waals surface area contributed by atoms with E-state index in [2.05, 4.69) is 0 Å². The Bertz CT molecular complexity index is 475. The summed E-state index contributed by atoms with van der Waals surface area (Å²) >= 11 is 0. The summed E-state index contributed by atoms with van der Waals surface area (Å²) < 4.78 is 10.4. The number of carbonyl (C=O) groups excluding carboxylic acids is 1. The Morgan fingerprint density at radius 1 is 1.32 bits per heavy atom. The summed E-state index contributed by atoms with van der Waals surface area (Å²) in [6.45, 7) is 1.97. The number of amides is 1. The van der Waals surface area contributed by atoms with Crippen LogP contribution >= 0.6 is 0 Å². The largest absolute Gasteiger partial charge is 0.493 e. The summed E-state index contributed by atoms with van der Waals surface area (Å²) in [6, 6.07) is 5.37. The summed E-state index contributed by atoms with van der Waals surface area (Å²) in [5.41, 5.74) is 0.770. The van der Waals surface area contributed by atoms with Crippen LogP contribution in [0.25, 0.3) is 0 Å². The summed E-state index contributed by atoms with van der Waals surface area (Å²) in [4.78, 5) is 13.8. The molecule has 0 spiro atoms. The van der Waals surface area contributed by atoms with Crippen molar-refractivity contribution in [3.8, 4) is 11.5 Å². The molecule has 5 nitrogen and oxygen atoms in total. The topological polar surface area (TPSA) is 59.0 Å². The number of hydrogen-bond acceptors (Lipinski definition) is 4. The van der Waals surface area contributed by atoms with Gasteiger partial charge in [0.2, 0.25) is 5.91 Å². The van der Waals surface area contributed by atoms with E-state index in [4.69, 9.17) is 9.47 Å². The lowest BCUT2D eigenvalue weighted by molar-refractivity contribution is -0.117. The second-order valence-electron chi connectivity index (χ2n) is 4.69. The molecule has 1 aliphatic heterocycles. The number of aliphatic hydroxyl groups excluding tert-OH is 1. The lowest BCUT2D eigenvalue weighted by atomic mass is 10.0. The third-order valence-corrected chi connectivity index (χ3v) is 3.67. The first-order valence-corrected chi connectivity index (χ1v) is 6.27. The SMILES string of the molecule is COc1ccc(N2C(=O)CC(CO)C2C)cc1OC. The highest BCUT2D eigenvalue weighted by Gasteiger charge is 2.37. The van der Waals surface area contributed by atoms with Crippen molar-refractivity contribution in [2.24, 2.45) is 5.92 Å². The number of aliphatic hydroxyl groups is 1. The molecule has 0 bridgehead atoms. The molecular formula is C14H19NO4. The van der Waals surface area contributed by atoms with Crippen LogP contribution in [0.3, 0.4) is 0 Å². The van der Waals surface area contributed by atoms with Crippen molar-refractivity contribution in [2.75, 3.05) is 25.7 Å². The van der Waals surface area contributed by atoms with Crippen molar-refractivity contribution in [3.05, 3.63) is 18.2 Å². The monoisotopic (exact) mass is 265 g/mol. The predicted octanol–water partition coefficient (Wildman–Crippen LogP) is 1.44. The first kappa shape index (κ1) is 13.7. The second kappa shape index (κ2) is 5.48. The Morgan fingerprint density at radius 2 is 2.00 bits per heavy atom. The maximum atomic E-state index is 12.1. The molecule has 2 rings (SSSR count). The molecule has 0 aliphatic carbocycles. The van der Waals surface area contributed by atoms with Crippen molar-refractivity contribution in [1.82, 2.24) is 0 Å². The molecule has 1 aromatic rings. The third kappa shape index (κ3) is 2.38. The summed E-state index contributed by atoms with van der Waals surface area (Å²) in [5, 5.41) is 9.28. The molecule has 2 unspecified atom stereocenters. The maximum Gasteiger partial charge on any atom is 0.227 e. The van der Waals surface area contributed by atoms with E-state index in [0.717, 1.165) is 5.69 Å². The minimum atomic E-state index is -0.0180. The number of hydrogen-bond donors (Lipinski definition) is 1. The number of anilines is 1. The Labute approximate surface area is 112 Å². The van der Waals surface area contributed by atoms with Crippen LogP contribution in [-0.2, 0) is 4.79 Å². The second-order valence-corrected chi connectivity index (χ2v) is 4.69. The first-order valence-electron chi connectivity index (χ1n) is 6.27. The van der Waals surface area contributed by atoms with Gasteiger partial charge in [-0.3, -0.25) is 4.79 Å². The Hall–Kier alpha value is -1.75. The van der Waals surface area contributed by atoms with E-state index in [1.165, 1.54) is 0 Å². The van der Waals surface area contributed by atoms with Gasteiger partial charge in [0.15, 0.2) is 11.5 Å². The number of nitrogens with zero attached hydrogens (tertiary/aromatic N) is 1. The van der Waals surface area contributed by atoms with E-state index in [-0.39, 0.29) is 24.5 Å². The van der Waals surface area contributed by atoms with Crippen molar-refractivity contribution in [2.45, 2.75) is 19.4 Å². The predicted molar refractivity (Wildman–Crippen MR) is 71.7 cm³/mol. The Kier molecular flexibility index (Phi) is 3.95. The number of rotatable bonds is 4. The molecule has 1 amide bonds. The third-order valence-electron chi connectivity index (χ3n) is 3.67. The van der Waals surface area contributed by atoms with Crippen molar-refractivity contribution in [1.29, 1.82) is 0 Å². The minimum absolute atomic E-state index is 0.0133. The standard InChI is InChI=1S/C14H19NO4/c1-9-10(8-16)6-14(17)15(9)11-4-5-12(18-2)13(7-11)19-3/h4-5,7,9-10,16H,6,8H2,1-3H3. The van der Waals surface area contributed by atoms with Crippen LogP contribution < -0.4 is 14.4 Å². The summed E-state index contributed by atoms with van der Waals surface area (Å²) in [7, 11) is 3.14. The van der Waals surface area contributed by atoms with Gasteiger partial charge in [0, 0.05) is 36.7 Å². The van der Waals surface area contributed by atoms with Gasteiger partial charge in [-0.15, -0.1) is 0 Å². The molecule has 0 radical (unpaired) electrons. The zero-order valence-corrected chi connectivity index (χ0v) is 11.4. The van der Waals surface area contributed by atoms with E-state index in [1.807, 2.05) is 13.0 Å². The lowest BCUT2D eigenvalue weighted by Crippen LogP contribution is -2.33. The molecule has 1 aromatic carbocycles.